The molecule has 0 bridgehead atoms. The van der Waals surface area contributed by atoms with Gasteiger partial charge in [0, 0.05) is 0 Å². The van der Waals surface area contributed by atoms with Gasteiger partial charge in [-0.1, -0.05) is 59.8 Å². The minimum absolute atomic E-state index is 0.940. The van der Waals surface area contributed by atoms with E-state index in [1.54, 1.807) is 0 Å². The summed E-state index contributed by atoms with van der Waals surface area (Å²) in [7, 11) is 0. The molecule has 0 nitrogen and oxygen atoms in total. The molecule has 1 saturated carbocycles. The molecule has 0 aliphatic heterocycles. The monoisotopic (exact) mass is 210 g/mol. The van der Waals surface area contributed by atoms with E-state index in [0.29, 0.717) is 0 Å². The first kappa shape index (κ1) is 13.1. The van der Waals surface area contributed by atoms with Gasteiger partial charge in [-0.05, 0) is 36.5 Å². The molecule has 0 amide bonds. The van der Waals surface area contributed by atoms with E-state index in [2.05, 4.69) is 27.7 Å². The molecule has 0 aromatic rings. The highest BCUT2D eigenvalue weighted by Crippen LogP contribution is 2.35. The highest BCUT2D eigenvalue weighted by atomic mass is 14.3. The largest absolute Gasteiger partial charge is 0.0651 e. The smallest absolute Gasteiger partial charge is 0.0388 e. The maximum Gasteiger partial charge on any atom is -0.0388 e. The average molecular weight is 210 g/mol. The normalized spacial score (nSPS) is 31.2. The van der Waals surface area contributed by atoms with Gasteiger partial charge < -0.3 is 0 Å². The lowest BCUT2D eigenvalue weighted by Crippen LogP contribution is -2.19. The van der Waals surface area contributed by atoms with Crippen LogP contribution in [0.4, 0.5) is 0 Å². The topological polar surface area (TPSA) is 0 Å². The zero-order chi connectivity index (χ0) is 11.3. The molecule has 15 heavy (non-hydrogen) atoms. The van der Waals surface area contributed by atoms with Gasteiger partial charge in [0.15, 0.2) is 0 Å². The van der Waals surface area contributed by atoms with Crippen molar-refractivity contribution in [2.45, 2.75) is 72.6 Å². The van der Waals surface area contributed by atoms with E-state index in [-0.39, 0.29) is 0 Å². The molecule has 1 aliphatic rings. The van der Waals surface area contributed by atoms with Crippen LogP contribution in [0.25, 0.3) is 0 Å². The van der Waals surface area contributed by atoms with Crippen LogP contribution in [0.1, 0.15) is 72.6 Å². The molecule has 0 radical (unpaired) electrons. The van der Waals surface area contributed by atoms with Crippen LogP contribution in [0.3, 0.4) is 0 Å². The SMILES string of the molecule is CCC(C)CCC(C)C1CCC(C)CC1. The number of rotatable bonds is 5. The highest BCUT2D eigenvalue weighted by molar-refractivity contribution is 4.74. The lowest BCUT2D eigenvalue weighted by molar-refractivity contribution is 0.207. The van der Waals surface area contributed by atoms with E-state index >= 15 is 0 Å². The molecule has 0 aromatic carbocycles. The molecule has 0 heterocycles. The lowest BCUT2D eigenvalue weighted by atomic mass is 9.75. The van der Waals surface area contributed by atoms with Gasteiger partial charge in [-0.15, -0.1) is 0 Å². The minimum Gasteiger partial charge on any atom is -0.0651 e. The predicted molar refractivity (Wildman–Crippen MR) is 69.0 cm³/mol. The van der Waals surface area contributed by atoms with Gasteiger partial charge in [0.05, 0.1) is 0 Å². The fourth-order valence-corrected chi connectivity index (χ4v) is 2.84. The van der Waals surface area contributed by atoms with Crippen LogP contribution >= 0.6 is 0 Å². The molecule has 2 atom stereocenters. The van der Waals surface area contributed by atoms with Crippen molar-refractivity contribution in [1.29, 1.82) is 0 Å². The quantitative estimate of drug-likeness (QED) is 0.579. The van der Waals surface area contributed by atoms with E-state index in [9.17, 15) is 0 Å². The molecule has 0 spiro atoms. The molecule has 1 rings (SSSR count). The van der Waals surface area contributed by atoms with Gasteiger partial charge in [-0.3, -0.25) is 0 Å². The van der Waals surface area contributed by atoms with Crippen LogP contribution in [-0.2, 0) is 0 Å². The third-order valence-corrected chi connectivity index (χ3v) is 4.68. The summed E-state index contributed by atoms with van der Waals surface area (Å²) in [6.07, 6.45) is 10.2. The Morgan fingerprint density at radius 3 is 2.13 bits per heavy atom. The van der Waals surface area contributed by atoms with E-state index in [1.165, 1.54) is 44.9 Å². The standard InChI is InChI=1S/C15H30/c1-5-12(2)6-9-14(4)15-10-7-13(3)8-11-15/h12-15H,5-11H2,1-4H3. The molecule has 0 aromatic heterocycles. The fourth-order valence-electron chi connectivity index (χ4n) is 2.84. The highest BCUT2D eigenvalue weighted by Gasteiger charge is 2.23. The Hall–Kier alpha value is 0. The fraction of sp³-hybridized carbons (Fsp3) is 1.00. The average Bonchev–Trinajstić information content (AvgIpc) is 2.26. The molecule has 0 heteroatoms. The summed E-state index contributed by atoms with van der Waals surface area (Å²) >= 11 is 0. The van der Waals surface area contributed by atoms with Crippen molar-refractivity contribution in [3.05, 3.63) is 0 Å². The molecule has 0 saturated heterocycles. The summed E-state index contributed by atoms with van der Waals surface area (Å²) in [5, 5.41) is 0. The third-order valence-electron chi connectivity index (χ3n) is 4.68. The van der Waals surface area contributed by atoms with Gasteiger partial charge in [-0.25, -0.2) is 0 Å². The van der Waals surface area contributed by atoms with Crippen molar-refractivity contribution in [3.8, 4) is 0 Å². The first-order chi connectivity index (χ1) is 7.13. The number of hydrogen-bond donors (Lipinski definition) is 0. The Bertz CT molecular complexity index is 153. The van der Waals surface area contributed by atoms with Gasteiger partial charge in [-0.2, -0.15) is 0 Å². The van der Waals surface area contributed by atoms with E-state index in [0.717, 1.165) is 23.7 Å². The van der Waals surface area contributed by atoms with Gasteiger partial charge in [0.2, 0.25) is 0 Å². The molecule has 2 unspecified atom stereocenters. The first-order valence-electron chi connectivity index (χ1n) is 7.13. The molecule has 90 valence electrons. The van der Waals surface area contributed by atoms with Gasteiger partial charge in [0.25, 0.3) is 0 Å². The van der Waals surface area contributed by atoms with Crippen molar-refractivity contribution in [3.63, 3.8) is 0 Å². The van der Waals surface area contributed by atoms with Gasteiger partial charge in [0.1, 0.15) is 0 Å². The van der Waals surface area contributed by atoms with Crippen molar-refractivity contribution < 1.29 is 0 Å². The third kappa shape index (κ3) is 4.57. The van der Waals surface area contributed by atoms with E-state index in [1.807, 2.05) is 0 Å². The Morgan fingerprint density at radius 1 is 1.00 bits per heavy atom. The van der Waals surface area contributed by atoms with Crippen LogP contribution < -0.4 is 0 Å². The molecular weight excluding hydrogens is 180 g/mol. The molecule has 1 aliphatic carbocycles. The summed E-state index contributed by atoms with van der Waals surface area (Å²) in [5.74, 6) is 3.97. The number of hydrogen-bond acceptors (Lipinski definition) is 0. The summed E-state index contributed by atoms with van der Waals surface area (Å²) < 4.78 is 0. The Kier molecular flexibility index (Phi) is 5.71. The van der Waals surface area contributed by atoms with E-state index < -0.39 is 0 Å². The molecule has 0 N–H and O–H groups in total. The maximum atomic E-state index is 2.49. The maximum absolute atomic E-state index is 2.49. The summed E-state index contributed by atoms with van der Waals surface area (Å²) in [5.41, 5.74) is 0. The minimum atomic E-state index is 0.940. The van der Waals surface area contributed by atoms with Crippen LogP contribution in [0, 0.1) is 23.7 Å². The van der Waals surface area contributed by atoms with Crippen molar-refractivity contribution >= 4 is 0 Å². The van der Waals surface area contributed by atoms with Crippen molar-refractivity contribution in [2.24, 2.45) is 23.7 Å². The summed E-state index contributed by atoms with van der Waals surface area (Å²) in [4.78, 5) is 0. The van der Waals surface area contributed by atoms with Crippen LogP contribution in [0.15, 0.2) is 0 Å². The van der Waals surface area contributed by atoms with Crippen LogP contribution in [0.2, 0.25) is 0 Å². The molecular formula is C15H30. The van der Waals surface area contributed by atoms with Gasteiger partial charge >= 0.3 is 0 Å². The second-order valence-corrected chi connectivity index (χ2v) is 6.09. The van der Waals surface area contributed by atoms with Crippen molar-refractivity contribution in [1.82, 2.24) is 0 Å². The Labute approximate surface area is 96.8 Å². The predicted octanol–water partition coefficient (Wildman–Crippen LogP) is 5.28. The second kappa shape index (κ2) is 6.55. The Balaban J connectivity index is 2.19. The first-order valence-corrected chi connectivity index (χ1v) is 7.13. The van der Waals surface area contributed by atoms with Crippen molar-refractivity contribution in [2.75, 3.05) is 0 Å². The summed E-state index contributed by atoms with van der Waals surface area (Å²) in [6, 6.07) is 0. The zero-order valence-corrected chi connectivity index (χ0v) is 11.3. The Morgan fingerprint density at radius 2 is 1.60 bits per heavy atom. The van der Waals surface area contributed by atoms with E-state index in [4.69, 9.17) is 0 Å². The zero-order valence-electron chi connectivity index (χ0n) is 11.3. The van der Waals surface area contributed by atoms with Crippen LogP contribution in [0.5, 0.6) is 0 Å². The summed E-state index contributed by atoms with van der Waals surface area (Å²) in [6.45, 7) is 9.62. The lowest BCUT2D eigenvalue weighted by Gasteiger charge is -2.31. The van der Waals surface area contributed by atoms with Crippen LogP contribution in [-0.4, -0.2) is 0 Å². The molecule has 1 fully saturated rings. The second-order valence-electron chi connectivity index (χ2n) is 6.09.